The van der Waals surface area contributed by atoms with Gasteiger partial charge in [-0.3, -0.25) is 0 Å². The summed E-state index contributed by atoms with van der Waals surface area (Å²) < 4.78 is 0. The van der Waals surface area contributed by atoms with Crippen LogP contribution in [0.3, 0.4) is 0 Å². The Bertz CT molecular complexity index is 71.3. The van der Waals surface area contributed by atoms with E-state index >= 15 is 0 Å². The van der Waals surface area contributed by atoms with Crippen LogP contribution < -0.4 is 0 Å². The molecule has 0 aromatic heterocycles. The molecule has 0 saturated carbocycles. The number of hydrogen-bond acceptors (Lipinski definition) is 2. The van der Waals surface area contributed by atoms with Crippen molar-refractivity contribution in [3.05, 3.63) is 0 Å². The zero-order chi connectivity index (χ0) is 7.44. The molecule has 2 N–H and O–H groups in total. The summed E-state index contributed by atoms with van der Waals surface area (Å²) in [5.74, 6) is 0.199. The molecule has 0 rings (SSSR count). The van der Waals surface area contributed by atoms with E-state index in [1.807, 2.05) is 13.8 Å². The molecule has 0 bridgehead atoms. The Balaban J connectivity index is 3.58. The SMILES string of the molecule is CC[C@@H](C)[C@H](O)[C@@H](C)O. The number of hydrogen-bond donors (Lipinski definition) is 2. The summed E-state index contributed by atoms with van der Waals surface area (Å²) in [6.45, 7) is 5.53. The largest absolute Gasteiger partial charge is 0.391 e. The Morgan fingerprint density at radius 1 is 1.22 bits per heavy atom. The van der Waals surface area contributed by atoms with Crippen molar-refractivity contribution < 1.29 is 10.2 Å². The molecule has 2 nitrogen and oxygen atoms in total. The van der Waals surface area contributed by atoms with Crippen molar-refractivity contribution in [1.29, 1.82) is 0 Å². The Hall–Kier alpha value is -0.0800. The lowest BCUT2D eigenvalue weighted by Crippen LogP contribution is -2.29. The fraction of sp³-hybridized carbons (Fsp3) is 1.00. The van der Waals surface area contributed by atoms with Crippen LogP contribution >= 0.6 is 0 Å². The third-order valence-corrected chi connectivity index (χ3v) is 1.72. The highest BCUT2D eigenvalue weighted by atomic mass is 16.3. The van der Waals surface area contributed by atoms with E-state index in [1.165, 1.54) is 0 Å². The van der Waals surface area contributed by atoms with Crippen LogP contribution in [0.4, 0.5) is 0 Å². The summed E-state index contributed by atoms with van der Waals surface area (Å²) in [5, 5.41) is 18.0. The molecule has 0 radical (unpaired) electrons. The van der Waals surface area contributed by atoms with Crippen molar-refractivity contribution in [1.82, 2.24) is 0 Å². The third kappa shape index (κ3) is 2.82. The van der Waals surface area contributed by atoms with E-state index in [0.717, 1.165) is 6.42 Å². The van der Waals surface area contributed by atoms with Gasteiger partial charge in [0, 0.05) is 0 Å². The maximum absolute atomic E-state index is 9.14. The third-order valence-electron chi connectivity index (χ3n) is 1.72. The van der Waals surface area contributed by atoms with Crippen LogP contribution in [0.5, 0.6) is 0 Å². The lowest BCUT2D eigenvalue weighted by atomic mass is 9.98. The van der Waals surface area contributed by atoms with Gasteiger partial charge in [0.05, 0.1) is 12.2 Å². The van der Waals surface area contributed by atoms with Gasteiger partial charge in [-0.15, -0.1) is 0 Å². The van der Waals surface area contributed by atoms with Gasteiger partial charge >= 0.3 is 0 Å². The van der Waals surface area contributed by atoms with Gasteiger partial charge in [-0.25, -0.2) is 0 Å². The molecule has 0 amide bonds. The van der Waals surface area contributed by atoms with Crippen LogP contribution in [0, 0.1) is 5.92 Å². The first-order valence-corrected chi connectivity index (χ1v) is 3.45. The number of rotatable bonds is 3. The van der Waals surface area contributed by atoms with Crippen molar-refractivity contribution in [2.24, 2.45) is 5.92 Å². The predicted molar refractivity (Wildman–Crippen MR) is 37.1 cm³/mol. The smallest absolute Gasteiger partial charge is 0.0821 e. The maximum Gasteiger partial charge on any atom is 0.0821 e. The molecule has 56 valence electrons. The molecule has 0 aliphatic heterocycles. The highest BCUT2D eigenvalue weighted by Gasteiger charge is 2.16. The minimum absolute atomic E-state index is 0.199. The van der Waals surface area contributed by atoms with Crippen LogP contribution in [-0.4, -0.2) is 22.4 Å². The first-order valence-electron chi connectivity index (χ1n) is 3.45. The lowest BCUT2D eigenvalue weighted by Gasteiger charge is -2.19. The van der Waals surface area contributed by atoms with Gasteiger partial charge in [-0.2, -0.15) is 0 Å². The standard InChI is InChI=1S/C7H16O2/c1-4-5(2)7(9)6(3)8/h5-9H,4H2,1-3H3/t5-,6-,7+/m1/s1. The quantitative estimate of drug-likeness (QED) is 0.595. The molecule has 2 heteroatoms. The van der Waals surface area contributed by atoms with Crippen molar-refractivity contribution in [2.75, 3.05) is 0 Å². The lowest BCUT2D eigenvalue weighted by molar-refractivity contribution is -0.00307. The average molecular weight is 132 g/mol. The minimum Gasteiger partial charge on any atom is -0.391 e. The van der Waals surface area contributed by atoms with Gasteiger partial charge in [0.15, 0.2) is 0 Å². The van der Waals surface area contributed by atoms with Crippen LogP contribution in [0.2, 0.25) is 0 Å². The first kappa shape index (κ1) is 8.92. The molecular weight excluding hydrogens is 116 g/mol. The molecule has 0 saturated heterocycles. The first-order chi connectivity index (χ1) is 4.09. The van der Waals surface area contributed by atoms with Crippen molar-refractivity contribution in [2.45, 2.75) is 39.4 Å². The summed E-state index contributed by atoms with van der Waals surface area (Å²) in [5.41, 5.74) is 0. The van der Waals surface area contributed by atoms with E-state index in [1.54, 1.807) is 6.92 Å². The topological polar surface area (TPSA) is 40.5 Å². The predicted octanol–water partition coefficient (Wildman–Crippen LogP) is 0.774. The molecule has 0 fully saturated rings. The average Bonchev–Trinajstić information content (AvgIpc) is 1.84. The van der Waals surface area contributed by atoms with Crippen LogP contribution in [-0.2, 0) is 0 Å². The van der Waals surface area contributed by atoms with Crippen LogP contribution in [0.1, 0.15) is 27.2 Å². The van der Waals surface area contributed by atoms with Gasteiger partial charge in [0.25, 0.3) is 0 Å². The second kappa shape index (κ2) is 3.85. The van der Waals surface area contributed by atoms with E-state index in [0.29, 0.717) is 0 Å². The molecule has 0 aliphatic rings. The van der Waals surface area contributed by atoms with E-state index in [9.17, 15) is 0 Å². The van der Waals surface area contributed by atoms with E-state index in [2.05, 4.69) is 0 Å². The highest BCUT2D eigenvalue weighted by molar-refractivity contribution is 4.67. The molecule has 0 aromatic carbocycles. The fourth-order valence-corrected chi connectivity index (χ4v) is 0.717. The van der Waals surface area contributed by atoms with Crippen molar-refractivity contribution in [3.63, 3.8) is 0 Å². The molecule has 9 heavy (non-hydrogen) atoms. The Labute approximate surface area is 56.5 Å². The second-order valence-corrected chi connectivity index (χ2v) is 2.62. The molecule has 0 spiro atoms. The highest BCUT2D eigenvalue weighted by Crippen LogP contribution is 2.09. The summed E-state index contributed by atoms with van der Waals surface area (Å²) in [6, 6.07) is 0. The number of aliphatic hydroxyl groups is 2. The minimum atomic E-state index is -0.597. The van der Waals surface area contributed by atoms with E-state index in [4.69, 9.17) is 10.2 Å². The van der Waals surface area contributed by atoms with Gasteiger partial charge in [0.1, 0.15) is 0 Å². The van der Waals surface area contributed by atoms with Crippen LogP contribution in [0.15, 0.2) is 0 Å². The molecule has 0 aromatic rings. The van der Waals surface area contributed by atoms with Gasteiger partial charge in [-0.1, -0.05) is 20.3 Å². The van der Waals surface area contributed by atoms with Gasteiger partial charge in [0.2, 0.25) is 0 Å². The summed E-state index contributed by atoms with van der Waals surface area (Å²) in [4.78, 5) is 0. The zero-order valence-electron chi connectivity index (χ0n) is 6.33. The fourth-order valence-electron chi connectivity index (χ4n) is 0.717. The van der Waals surface area contributed by atoms with Crippen molar-refractivity contribution in [3.8, 4) is 0 Å². The Morgan fingerprint density at radius 2 is 1.67 bits per heavy atom. The summed E-state index contributed by atoms with van der Waals surface area (Å²) in [6.07, 6.45) is -0.249. The summed E-state index contributed by atoms with van der Waals surface area (Å²) >= 11 is 0. The molecule has 3 atom stereocenters. The van der Waals surface area contributed by atoms with Crippen LogP contribution in [0.25, 0.3) is 0 Å². The molecule has 0 aliphatic carbocycles. The second-order valence-electron chi connectivity index (χ2n) is 2.62. The zero-order valence-corrected chi connectivity index (χ0v) is 6.33. The molecule has 0 heterocycles. The van der Waals surface area contributed by atoms with Gasteiger partial charge in [-0.05, 0) is 12.8 Å². The normalized spacial score (nSPS) is 21.0. The maximum atomic E-state index is 9.14. The van der Waals surface area contributed by atoms with Gasteiger partial charge < -0.3 is 10.2 Å². The Kier molecular flexibility index (Phi) is 3.82. The van der Waals surface area contributed by atoms with Crippen molar-refractivity contribution >= 4 is 0 Å². The van der Waals surface area contributed by atoms with E-state index in [-0.39, 0.29) is 5.92 Å². The summed E-state index contributed by atoms with van der Waals surface area (Å²) in [7, 11) is 0. The molecular formula is C7H16O2. The molecule has 0 unspecified atom stereocenters. The monoisotopic (exact) mass is 132 g/mol. The Morgan fingerprint density at radius 3 is 1.78 bits per heavy atom. The van der Waals surface area contributed by atoms with E-state index < -0.39 is 12.2 Å². The number of aliphatic hydroxyl groups excluding tert-OH is 2.